The van der Waals surface area contributed by atoms with E-state index in [1.54, 1.807) is 24.6 Å². The Morgan fingerprint density at radius 2 is 1.80 bits per heavy atom. The van der Waals surface area contributed by atoms with Crippen molar-refractivity contribution in [1.29, 1.82) is 0 Å². The van der Waals surface area contributed by atoms with Crippen LogP contribution in [0.2, 0.25) is 0 Å². The Balaban J connectivity index is 1.28. The van der Waals surface area contributed by atoms with Crippen LogP contribution in [0.4, 0.5) is 10.5 Å². The Morgan fingerprint density at radius 1 is 1.10 bits per heavy atom. The standard InChI is InChI=1S/C30H36N4O5S2/c1-34(41(2,38)39)25-10-4-20(5-11-25)16-27(35)32-24-17-26(22-12-15-40-19-22)28(31-18-24)21-6-8-23(9-7-21)30(13-3-14-30)33-29(36)37/h6-9,12,15,17-20,25,33H,3-5,10-11,13-14,16H2,1-2H3,(H,32,35)(H,36,37). The lowest BCUT2D eigenvalue weighted by Crippen LogP contribution is -2.50. The van der Waals surface area contributed by atoms with Gasteiger partial charge in [-0.05, 0) is 84.9 Å². The number of nitrogens with one attached hydrogen (secondary N) is 2. The minimum Gasteiger partial charge on any atom is -0.465 e. The molecule has 2 saturated carbocycles. The quantitative estimate of drug-likeness (QED) is 0.282. The number of carbonyl (C=O) groups is 2. The van der Waals surface area contributed by atoms with Crippen LogP contribution in [-0.2, 0) is 20.4 Å². The maximum Gasteiger partial charge on any atom is 0.405 e. The van der Waals surface area contributed by atoms with Gasteiger partial charge in [0.25, 0.3) is 0 Å². The Morgan fingerprint density at radius 3 is 2.37 bits per heavy atom. The van der Waals surface area contributed by atoms with Crippen molar-refractivity contribution in [3.05, 3.63) is 58.9 Å². The molecule has 0 atom stereocenters. The highest BCUT2D eigenvalue weighted by Crippen LogP contribution is 2.42. The number of hydrogen-bond acceptors (Lipinski definition) is 6. The van der Waals surface area contributed by atoms with Crippen molar-refractivity contribution in [3.8, 4) is 22.4 Å². The third-order valence-electron chi connectivity index (χ3n) is 8.60. The van der Waals surface area contributed by atoms with Crippen molar-refractivity contribution < 1.29 is 23.1 Å². The summed E-state index contributed by atoms with van der Waals surface area (Å²) < 4.78 is 25.2. The second-order valence-electron chi connectivity index (χ2n) is 11.3. The third-order valence-corrected chi connectivity index (χ3v) is 10.6. The molecular formula is C30H36N4O5S2. The number of benzene rings is 1. The molecule has 0 saturated heterocycles. The number of carbonyl (C=O) groups excluding carboxylic acids is 1. The zero-order valence-corrected chi connectivity index (χ0v) is 24.9. The highest BCUT2D eigenvalue weighted by atomic mass is 32.2. The Labute approximate surface area is 245 Å². The maximum atomic E-state index is 13.0. The average Bonchev–Trinajstić information content (AvgIpc) is 3.45. The van der Waals surface area contributed by atoms with Crippen LogP contribution in [0.25, 0.3) is 22.4 Å². The molecule has 2 fully saturated rings. The van der Waals surface area contributed by atoms with Crippen LogP contribution in [0.1, 0.15) is 56.9 Å². The van der Waals surface area contributed by atoms with Crippen molar-refractivity contribution in [1.82, 2.24) is 14.6 Å². The summed E-state index contributed by atoms with van der Waals surface area (Å²) in [6.45, 7) is 0. The summed E-state index contributed by atoms with van der Waals surface area (Å²) >= 11 is 1.59. The SMILES string of the molecule is CN(C1CCC(CC(=O)Nc2cnc(-c3ccc(C4(NC(=O)O)CCC4)cc3)c(-c3ccsc3)c2)CC1)S(C)(=O)=O. The van der Waals surface area contributed by atoms with Crippen LogP contribution in [0, 0.1) is 5.92 Å². The average molecular weight is 597 g/mol. The number of carboxylic acid groups (broad SMARTS) is 1. The second kappa shape index (κ2) is 11.9. The third kappa shape index (κ3) is 6.63. The number of nitrogens with zero attached hydrogens (tertiary/aromatic N) is 2. The lowest BCUT2D eigenvalue weighted by atomic mass is 9.71. The molecule has 11 heteroatoms. The first-order valence-corrected chi connectivity index (χ1v) is 16.7. The van der Waals surface area contributed by atoms with Crippen molar-refractivity contribution >= 4 is 39.0 Å². The fourth-order valence-corrected chi connectivity index (χ4v) is 7.43. The van der Waals surface area contributed by atoms with E-state index in [2.05, 4.69) is 10.6 Å². The molecule has 0 radical (unpaired) electrons. The Hall–Kier alpha value is -3.28. The molecule has 0 aliphatic heterocycles. The molecular weight excluding hydrogens is 560 g/mol. The molecule has 41 heavy (non-hydrogen) atoms. The molecule has 1 aromatic carbocycles. The molecule has 0 spiro atoms. The van der Waals surface area contributed by atoms with E-state index in [1.165, 1.54) is 10.6 Å². The number of aromatic nitrogens is 1. The van der Waals surface area contributed by atoms with Gasteiger partial charge in [-0.1, -0.05) is 24.3 Å². The predicted molar refractivity (Wildman–Crippen MR) is 161 cm³/mol. The van der Waals surface area contributed by atoms with Crippen LogP contribution >= 0.6 is 11.3 Å². The molecule has 2 aliphatic rings. The van der Waals surface area contributed by atoms with Gasteiger partial charge < -0.3 is 15.7 Å². The minimum absolute atomic E-state index is 0.00373. The summed E-state index contributed by atoms with van der Waals surface area (Å²) in [6, 6.07) is 11.9. The first-order chi connectivity index (χ1) is 19.5. The summed E-state index contributed by atoms with van der Waals surface area (Å²) in [7, 11) is -1.59. The fourth-order valence-electron chi connectivity index (χ4n) is 6.03. The number of hydrogen-bond donors (Lipinski definition) is 3. The Kier molecular flexibility index (Phi) is 8.49. The molecule has 2 heterocycles. The largest absolute Gasteiger partial charge is 0.465 e. The molecule has 2 aliphatic carbocycles. The summed E-state index contributed by atoms with van der Waals surface area (Å²) in [5, 5.41) is 19.1. The van der Waals surface area contributed by atoms with Crippen LogP contribution in [0.15, 0.2) is 53.4 Å². The highest BCUT2D eigenvalue weighted by Gasteiger charge is 2.40. The first-order valence-electron chi connectivity index (χ1n) is 13.9. The highest BCUT2D eigenvalue weighted by molar-refractivity contribution is 7.88. The van der Waals surface area contributed by atoms with E-state index in [0.29, 0.717) is 12.1 Å². The molecule has 9 nitrogen and oxygen atoms in total. The minimum atomic E-state index is -3.22. The smallest absolute Gasteiger partial charge is 0.405 e. The number of amides is 2. The summed E-state index contributed by atoms with van der Waals surface area (Å²) in [5.41, 5.74) is 4.67. The van der Waals surface area contributed by atoms with Gasteiger partial charge in [0.1, 0.15) is 0 Å². The van der Waals surface area contributed by atoms with Crippen molar-refractivity contribution in [2.45, 2.75) is 62.9 Å². The molecule has 218 valence electrons. The maximum absolute atomic E-state index is 13.0. The lowest BCUT2D eigenvalue weighted by Gasteiger charge is -2.42. The van der Waals surface area contributed by atoms with Gasteiger partial charge >= 0.3 is 6.09 Å². The molecule has 2 aromatic heterocycles. The van der Waals surface area contributed by atoms with Gasteiger partial charge in [0.15, 0.2) is 0 Å². The van der Waals surface area contributed by atoms with Crippen molar-refractivity contribution in [2.75, 3.05) is 18.6 Å². The summed E-state index contributed by atoms with van der Waals surface area (Å²) in [6.07, 6.45) is 7.97. The van der Waals surface area contributed by atoms with Crippen molar-refractivity contribution in [3.63, 3.8) is 0 Å². The van der Waals surface area contributed by atoms with Crippen LogP contribution < -0.4 is 10.6 Å². The molecule has 3 aromatic rings. The number of sulfonamides is 1. The van der Waals surface area contributed by atoms with E-state index < -0.39 is 21.7 Å². The van der Waals surface area contributed by atoms with E-state index >= 15 is 0 Å². The predicted octanol–water partition coefficient (Wildman–Crippen LogP) is 5.90. The van der Waals surface area contributed by atoms with E-state index in [1.807, 2.05) is 47.2 Å². The van der Waals surface area contributed by atoms with Gasteiger partial charge in [0, 0.05) is 30.6 Å². The molecule has 3 N–H and O–H groups in total. The molecule has 5 rings (SSSR count). The zero-order chi connectivity index (χ0) is 29.2. The monoisotopic (exact) mass is 596 g/mol. The van der Waals surface area contributed by atoms with Gasteiger partial charge in [-0.25, -0.2) is 17.5 Å². The lowest BCUT2D eigenvalue weighted by molar-refractivity contribution is -0.117. The van der Waals surface area contributed by atoms with E-state index in [0.717, 1.165) is 72.9 Å². The summed E-state index contributed by atoms with van der Waals surface area (Å²) in [4.78, 5) is 29.1. The number of pyridine rings is 1. The van der Waals surface area contributed by atoms with Gasteiger partial charge in [-0.3, -0.25) is 9.78 Å². The van der Waals surface area contributed by atoms with Gasteiger partial charge in [-0.15, -0.1) is 0 Å². The van der Waals surface area contributed by atoms with Gasteiger partial charge in [-0.2, -0.15) is 11.3 Å². The number of thiophene rings is 1. The van der Waals surface area contributed by atoms with Crippen LogP contribution in [0.5, 0.6) is 0 Å². The zero-order valence-electron chi connectivity index (χ0n) is 23.3. The molecule has 0 unspecified atom stereocenters. The topological polar surface area (TPSA) is 129 Å². The fraction of sp³-hybridized carbons (Fsp3) is 0.433. The van der Waals surface area contributed by atoms with Gasteiger partial charge in [0.2, 0.25) is 15.9 Å². The Bertz CT molecular complexity index is 1490. The number of rotatable bonds is 9. The number of anilines is 1. The van der Waals surface area contributed by atoms with E-state index in [-0.39, 0.29) is 17.9 Å². The molecule has 2 amide bonds. The van der Waals surface area contributed by atoms with Crippen molar-refractivity contribution in [2.24, 2.45) is 5.92 Å². The summed E-state index contributed by atoms with van der Waals surface area (Å²) in [5.74, 6) is 0.146. The van der Waals surface area contributed by atoms with Crippen LogP contribution in [0.3, 0.4) is 0 Å². The van der Waals surface area contributed by atoms with Crippen LogP contribution in [-0.4, -0.2) is 54.2 Å². The second-order valence-corrected chi connectivity index (χ2v) is 14.1. The normalized spacial score (nSPS) is 20.3. The molecule has 0 bridgehead atoms. The van der Waals surface area contributed by atoms with E-state index in [4.69, 9.17) is 4.98 Å². The first kappa shape index (κ1) is 29.2. The van der Waals surface area contributed by atoms with E-state index in [9.17, 15) is 23.1 Å². The van der Waals surface area contributed by atoms with Gasteiger partial charge in [0.05, 0.1) is 29.4 Å².